The highest BCUT2D eigenvalue weighted by molar-refractivity contribution is 7.89. The van der Waals surface area contributed by atoms with E-state index in [0.29, 0.717) is 48.8 Å². The second-order valence-corrected chi connectivity index (χ2v) is 9.54. The first-order valence-electron chi connectivity index (χ1n) is 9.86. The van der Waals surface area contributed by atoms with Gasteiger partial charge in [-0.2, -0.15) is 4.31 Å². The van der Waals surface area contributed by atoms with E-state index in [0.717, 1.165) is 6.20 Å². The van der Waals surface area contributed by atoms with Crippen LogP contribution in [0.5, 0.6) is 5.75 Å². The lowest BCUT2D eigenvalue weighted by Gasteiger charge is -2.30. The van der Waals surface area contributed by atoms with Crippen molar-refractivity contribution in [2.24, 2.45) is 5.92 Å². The molecule has 1 aliphatic rings. The molecule has 0 amide bonds. The number of benzene rings is 1. The summed E-state index contributed by atoms with van der Waals surface area (Å²) in [6.45, 7) is 2.75. The zero-order valence-electron chi connectivity index (χ0n) is 16.7. The van der Waals surface area contributed by atoms with Gasteiger partial charge in [-0.05, 0) is 50.5 Å². The summed E-state index contributed by atoms with van der Waals surface area (Å²) >= 11 is 6.06. The fourth-order valence-corrected chi connectivity index (χ4v) is 5.33. The normalized spacial score (nSPS) is 15.8. The Morgan fingerprint density at radius 2 is 2.00 bits per heavy atom. The van der Waals surface area contributed by atoms with Crippen molar-refractivity contribution in [3.8, 4) is 5.75 Å². The van der Waals surface area contributed by atoms with Gasteiger partial charge in [0.1, 0.15) is 17.3 Å². The van der Waals surface area contributed by atoms with Crippen molar-refractivity contribution in [2.45, 2.75) is 37.5 Å². The fraction of sp³-hybridized carbons (Fsp3) is 0.429. The Labute approximate surface area is 181 Å². The van der Waals surface area contributed by atoms with E-state index in [1.54, 1.807) is 12.1 Å². The van der Waals surface area contributed by atoms with Gasteiger partial charge in [-0.3, -0.25) is 9.78 Å². The van der Waals surface area contributed by atoms with Crippen molar-refractivity contribution in [1.29, 1.82) is 0 Å². The van der Waals surface area contributed by atoms with Gasteiger partial charge >= 0.3 is 0 Å². The van der Waals surface area contributed by atoms with Crippen LogP contribution in [0, 0.1) is 11.7 Å². The average molecular weight is 455 g/mol. The number of pyridine rings is 1. The number of Topliss-reactive ketones (excluding diaryl/α,β-unsaturated/α-hetero) is 1. The minimum atomic E-state index is -3.72. The zero-order valence-corrected chi connectivity index (χ0v) is 18.3. The minimum absolute atomic E-state index is 0.0829. The highest BCUT2D eigenvalue weighted by Gasteiger charge is 2.32. The molecule has 2 heterocycles. The van der Waals surface area contributed by atoms with Gasteiger partial charge in [-0.25, -0.2) is 12.8 Å². The second kappa shape index (κ2) is 9.85. The molecule has 0 N–H and O–H groups in total. The lowest BCUT2D eigenvalue weighted by Crippen LogP contribution is -2.40. The van der Waals surface area contributed by atoms with E-state index < -0.39 is 15.8 Å². The topological polar surface area (TPSA) is 76.6 Å². The number of carbonyl (C=O) groups excluding carboxylic acids is 1. The number of carbonyl (C=O) groups is 1. The van der Waals surface area contributed by atoms with Gasteiger partial charge in [-0.15, -0.1) is 0 Å². The maximum Gasteiger partial charge on any atom is 0.243 e. The molecule has 2 aromatic rings. The van der Waals surface area contributed by atoms with E-state index >= 15 is 0 Å². The largest absolute Gasteiger partial charge is 0.494 e. The Bertz CT molecular complexity index is 991. The van der Waals surface area contributed by atoms with Crippen LogP contribution in [0.3, 0.4) is 0 Å². The average Bonchev–Trinajstić information content (AvgIpc) is 2.73. The Morgan fingerprint density at radius 1 is 1.27 bits per heavy atom. The first-order chi connectivity index (χ1) is 14.3. The highest BCUT2D eigenvalue weighted by Crippen LogP contribution is 2.29. The molecule has 9 heteroatoms. The van der Waals surface area contributed by atoms with Crippen molar-refractivity contribution in [2.75, 3.05) is 19.7 Å². The van der Waals surface area contributed by atoms with Gasteiger partial charge in [0.2, 0.25) is 10.0 Å². The molecule has 0 unspecified atom stereocenters. The first kappa shape index (κ1) is 22.7. The summed E-state index contributed by atoms with van der Waals surface area (Å²) in [5.41, 5.74) is 0.663. The van der Waals surface area contributed by atoms with Crippen LogP contribution in [0.4, 0.5) is 4.39 Å². The van der Waals surface area contributed by atoms with Crippen LogP contribution in [0.25, 0.3) is 0 Å². The van der Waals surface area contributed by atoms with E-state index in [1.165, 1.54) is 22.5 Å². The molecular formula is C21H24ClFN2O4S. The molecule has 0 bridgehead atoms. The van der Waals surface area contributed by atoms with Crippen LogP contribution >= 0.6 is 11.6 Å². The lowest BCUT2D eigenvalue weighted by molar-refractivity contribution is -0.123. The maximum absolute atomic E-state index is 13.0. The summed E-state index contributed by atoms with van der Waals surface area (Å²) in [5.74, 6) is -0.107. The summed E-state index contributed by atoms with van der Waals surface area (Å²) in [7, 11) is -3.72. The predicted molar refractivity (Wildman–Crippen MR) is 112 cm³/mol. The molecule has 1 aromatic carbocycles. The first-order valence-corrected chi connectivity index (χ1v) is 11.7. The van der Waals surface area contributed by atoms with E-state index in [2.05, 4.69) is 4.98 Å². The maximum atomic E-state index is 13.0. The lowest BCUT2D eigenvalue weighted by atomic mass is 9.91. The van der Waals surface area contributed by atoms with Crippen molar-refractivity contribution in [3.63, 3.8) is 0 Å². The Kier molecular flexibility index (Phi) is 7.44. The SMILES string of the molecule is CCOc1cc(Cl)cc(S(=O)(=O)N2CCC(C(=O)CCc3ccc(F)cn3)CC2)c1. The summed E-state index contributed by atoms with van der Waals surface area (Å²) < 4.78 is 45.7. The van der Waals surface area contributed by atoms with Crippen molar-refractivity contribution >= 4 is 27.4 Å². The molecule has 0 aliphatic carbocycles. The van der Waals surface area contributed by atoms with Gasteiger partial charge in [0, 0.05) is 42.2 Å². The van der Waals surface area contributed by atoms with Crippen LogP contribution in [0.2, 0.25) is 5.02 Å². The summed E-state index contributed by atoms with van der Waals surface area (Å²) in [4.78, 5) is 16.6. The van der Waals surface area contributed by atoms with Crippen LogP contribution in [-0.4, -0.2) is 43.2 Å². The van der Waals surface area contributed by atoms with Crippen molar-refractivity contribution < 1.29 is 22.3 Å². The number of aryl methyl sites for hydroxylation is 1. The number of piperidine rings is 1. The van der Waals surface area contributed by atoms with Crippen LogP contribution in [0.1, 0.15) is 31.9 Å². The molecule has 0 radical (unpaired) electrons. The Balaban J connectivity index is 1.59. The molecule has 0 atom stereocenters. The Hall–Kier alpha value is -2.03. The summed E-state index contributed by atoms with van der Waals surface area (Å²) in [6, 6.07) is 7.34. The number of nitrogens with zero attached hydrogens (tertiary/aromatic N) is 2. The Morgan fingerprint density at radius 3 is 2.63 bits per heavy atom. The number of rotatable bonds is 8. The van der Waals surface area contributed by atoms with E-state index in [4.69, 9.17) is 16.3 Å². The number of ketones is 1. The van der Waals surface area contributed by atoms with Gasteiger partial charge in [0.15, 0.2) is 0 Å². The standard InChI is InChI=1S/C21H24ClFN2O4S/c1-2-29-19-11-16(22)12-20(13-19)30(27,28)25-9-7-15(8-10-25)21(26)6-5-18-4-3-17(23)14-24-18/h3-4,11-15H,2,5-10H2,1H3. The molecule has 0 saturated carbocycles. The van der Waals surface area contributed by atoms with E-state index in [-0.39, 0.29) is 29.7 Å². The molecule has 6 nitrogen and oxygen atoms in total. The summed E-state index contributed by atoms with van der Waals surface area (Å²) in [5, 5.41) is 0.291. The van der Waals surface area contributed by atoms with Crippen LogP contribution < -0.4 is 4.74 Å². The minimum Gasteiger partial charge on any atom is -0.494 e. The molecule has 1 saturated heterocycles. The van der Waals surface area contributed by atoms with Crippen LogP contribution in [-0.2, 0) is 21.2 Å². The van der Waals surface area contributed by atoms with Gasteiger partial charge in [-0.1, -0.05) is 11.6 Å². The fourth-order valence-electron chi connectivity index (χ4n) is 3.51. The molecule has 162 valence electrons. The van der Waals surface area contributed by atoms with Crippen LogP contribution in [0.15, 0.2) is 41.4 Å². The molecule has 1 fully saturated rings. The number of sulfonamides is 1. The number of hydrogen-bond donors (Lipinski definition) is 0. The van der Waals surface area contributed by atoms with Gasteiger partial charge < -0.3 is 4.74 Å². The predicted octanol–water partition coefficient (Wildman–Crippen LogP) is 3.88. The monoisotopic (exact) mass is 454 g/mol. The molecule has 1 aromatic heterocycles. The smallest absolute Gasteiger partial charge is 0.243 e. The summed E-state index contributed by atoms with van der Waals surface area (Å²) in [6.07, 6.45) is 2.82. The van der Waals surface area contributed by atoms with Gasteiger partial charge in [0.25, 0.3) is 0 Å². The van der Waals surface area contributed by atoms with E-state index in [9.17, 15) is 17.6 Å². The molecule has 30 heavy (non-hydrogen) atoms. The van der Waals surface area contributed by atoms with Crippen molar-refractivity contribution in [1.82, 2.24) is 9.29 Å². The molecule has 1 aliphatic heterocycles. The zero-order chi connectivity index (χ0) is 21.7. The number of halogens is 2. The molecule has 0 spiro atoms. The molecule has 3 rings (SSSR count). The highest BCUT2D eigenvalue weighted by atomic mass is 35.5. The number of ether oxygens (including phenoxy) is 1. The van der Waals surface area contributed by atoms with Gasteiger partial charge in [0.05, 0.1) is 17.7 Å². The number of aromatic nitrogens is 1. The third-order valence-corrected chi connectivity index (χ3v) is 7.21. The third-order valence-electron chi connectivity index (χ3n) is 5.12. The molecular weight excluding hydrogens is 431 g/mol. The quantitative estimate of drug-likeness (QED) is 0.605. The second-order valence-electron chi connectivity index (χ2n) is 7.17. The van der Waals surface area contributed by atoms with Crippen molar-refractivity contribution in [3.05, 3.63) is 53.1 Å². The number of hydrogen-bond acceptors (Lipinski definition) is 5. The van der Waals surface area contributed by atoms with E-state index in [1.807, 2.05) is 6.92 Å². The third kappa shape index (κ3) is 5.56.